The SMILES string of the molecule is CCCCC#CPPC#CCCCC. The third-order valence-electron chi connectivity index (χ3n) is 1.67. The second kappa shape index (κ2) is 13.0. The Kier molecular flexibility index (Phi) is 13.0. The minimum atomic E-state index is 0.748. The van der Waals surface area contributed by atoms with Crippen LogP contribution in [0, 0.1) is 23.2 Å². The van der Waals surface area contributed by atoms with E-state index in [1.165, 1.54) is 25.7 Å². The summed E-state index contributed by atoms with van der Waals surface area (Å²) >= 11 is 0. The van der Waals surface area contributed by atoms with Gasteiger partial charge in [-0.05, 0) is 29.4 Å². The van der Waals surface area contributed by atoms with Crippen molar-refractivity contribution >= 4 is 16.5 Å². The molecule has 78 valence electrons. The van der Waals surface area contributed by atoms with Crippen molar-refractivity contribution in [3.05, 3.63) is 0 Å². The van der Waals surface area contributed by atoms with Crippen molar-refractivity contribution in [1.29, 1.82) is 0 Å². The van der Waals surface area contributed by atoms with E-state index in [2.05, 4.69) is 37.0 Å². The molecule has 0 aromatic heterocycles. The van der Waals surface area contributed by atoms with Gasteiger partial charge in [0.1, 0.15) is 0 Å². The van der Waals surface area contributed by atoms with Gasteiger partial charge in [-0.25, -0.2) is 0 Å². The van der Waals surface area contributed by atoms with Crippen LogP contribution in [-0.4, -0.2) is 0 Å². The average Bonchev–Trinajstić information content (AvgIpc) is 2.21. The third kappa shape index (κ3) is 12.0. The van der Waals surface area contributed by atoms with Crippen LogP contribution in [0.1, 0.15) is 52.4 Å². The maximum absolute atomic E-state index is 3.20. The molecule has 0 N–H and O–H groups in total. The van der Waals surface area contributed by atoms with Gasteiger partial charge in [0.05, 0.1) is 0 Å². The number of hydrogen-bond donors (Lipinski definition) is 0. The van der Waals surface area contributed by atoms with Crippen molar-refractivity contribution in [1.82, 2.24) is 0 Å². The van der Waals surface area contributed by atoms with Crippen LogP contribution in [-0.2, 0) is 0 Å². The van der Waals surface area contributed by atoms with Gasteiger partial charge in [-0.15, -0.1) is 0 Å². The highest BCUT2D eigenvalue weighted by Crippen LogP contribution is 2.33. The summed E-state index contributed by atoms with van der Waals surface area (Å²) in [6.07, 6.45) is 7.10. The van der Waals surface area contributed by atoms with Crippen LogP contribution in [0.3, 0.4) is 0 Å². The first-order valence-electron chi connectivity index (χ1n) is 5.37. The molecule has 0 aliphatic rings. The summed E-state index contributed by atoms with van der Waals surface area (Å²) in [5.41, 5.74) is 6.40. The van der Waals surface area contributed by atoms with E-state index in [-0.39, 0.29) is 0 Å². The summed E-state index contributed by atoms with van der Waals surface area (Å²) in [6, 6.07) is 0. The van der Waals surface area contributed by atoms with Crippen molar-refractivity contribution in [2.45, 2.75) is 52.4 Å². The van der Waals surface area contributed by atoms with Gasteiger partial charge in [-0.1, -0.05) is 49.9 Å². The lowest BCUT2D eigenvalue weighted by molar-refractivity contribution is 0.828. The van der Waals surface area contributed by atoms with Gasteiger partial charge in [0, 0.05) is 12.8 Å². The minimum absolute atomic E-state index is 0.748. The molecule has 0 amide bonds. The second-order valence-corrected chi connectivity index (χ2v) is 5.56. The van der Waals surface area contributed by atoms with Gasteiger partial charge in [0.2, 0.25) is 0 Å². The van der Waals surface area contributed by atoms with Crippen molar-refractivity contribution in [3.63, 3.8) is 0 Å². The Bertz CT molecular complexity index is 198. The summed E-state index contributed by atoms with van der Waals surface area (Å²) in [6.45, 7) is 4.40. The zero-order chi connectivity index (χ0) is 10.5. The third-order valence-corrected chi connectivity index (χ3v) is 3.53. The summed E-state index contributed by atoms with van der Waals surface area (Å²) in [4.78, 5) is 0. The molecule has 0 saturated carbocycles. The maximum Gasteiger partial charge on any atom is 0.00920 e. The van der Waals surface area contributed by atoms with E-state index in [4.69, 9.17) is 0 Å². The van der Waals surface area contributed by atoms with Crippen LogP contribution in [0.25, 0.3) is 0 Å². The van der Waals surface area contributed by atoms with Gasteiger partial charge >= 0.3 is 0 Å². The first-order valence-corrected chi connectivity index (χ1v) is 8.37. The highest BCUT2D eigenvalue weighted by Gasteiger charge is 1.78. The van der Waals surface area contributed by atoms with Gasteiger partial charge in [0.15, 0.2) is 0 Å². The number of rotatable bonds is 5. The Hall–Kier alpha value is -0.0200. The van der Waals surface area contributed by atoms with Gasteiger partial charge in [0.25, 0.3) is 0 Å². The van der Waals surface area contributed by atoms with Gasteiger partial charge in [-0.2, -0.15) is 0 Å². The van der Waals surface area contributed by atoms with Crippen molar-refractivity contribution in [2.24, 2.45) is 0 Å². The highest BCUT2D eigenvalue weighted by molar-refractivity contribution is 8.16. The molecule has 0 aliphatic carbocycles. The minimum Gasteiger partial charge on any atom is -0.0986 e. The van der Waals surface area contributed by atoms with Crippen LogP contribution in [0.2, 0.25) is 0 Å². The lowest BCUT2D eigenvalue weighted by Crippen LogP contribution is -1.64. The number of hydrogen-bond acceptors (Lipinski definition) is 0. The molecule has 0 heterocycles. The second-order valence-electron chi connectivity index (χ2n) is 3.06. The predicted molar refractivity (Wildman–Crippen MR) is 71.2 cm³/mol. The summed E-state index contributed by atoms with van der Waals surface area (Å²) in [5.74, 6) is 6.38. The fourth-order valence-corrected chi connectivity index (χ4v) is 2.26. The molecule has 0 nitrogen and oxygen atoms in total. The molecule has 0 spiro atoms. The summed E-state index contributed by atoms with van der Waals surface area (Å²) < 4.78 is 0. The monoisotopic (exact) mass is 226 g/mol. The Morgan fingerprint density at radius 3 is 1.57 bits per heavy atom. The molecule has 0 aliphatic heterocycles. The van der Waals surface area contributed by atoms with E-state index in [1.54, 1.807) is 0 Å². The molecule has 2 atom stereocenters. The van der Waals surface area contributed by atoms with Crippen LogP contribution >= 0.6 is 16.5 Å². The predicted octanol–water partition coefficient (Wildman–Crippen LogP) is 4.56. The first-order chi connectivity index (χ1) is 6.91. The molecular formula is C12H20P2. The lowest BCUT2D eigenvalue weighted by Gasteiger charge is -1.85. The van der Waals surface area contributed by atoms with Crippen molar-refractivity contribution in [2.75, 3.05) is 0 Å². The standard InChI is InChI=1S/C12H20P2/c1-3-5-7-9-11-13-14-12-10-8-6-4-2/h13-14H,3-8H2,1-2H3. The Morgan fingerprint density at radius 1 is 0.786 bits per heavy atom. The van der Waals surface area contributed by atoms with E-state index >= 15 is 0 Å². The molecule has 0 aromatic rings. The van der Waals surface area contributed by atoms with Crippen molar-refractivity contribution in [3.8, 4) is 23.2 Å². The van der Waals surface area contributed by atoms with Gasteiger partial charge in [-0.3, -0.25) is 0 Å². The smallest absolute Gasteiger partial charge is 0.00920 e. The molecule has 0 rings (SSSR count). The van der Waals surface area contributed by atoms with Crippen LogP contribution in [0.5, 0.6) is 0 Å². The fourth-order valence-electron chi connectivity index (χ4n) is 0.806. The normalized spacial score (nSPS) is 10.1. The molecule has 0 saturated heterocycles. The Morgan fingerprint density at radius 2 is 1.21 bits per heavy atom. The summed E-state index contributed by atoms with van der Waals surface area (Å²) in [7, 11) is 1.50. The Balaban J connectivity index is 3.24. The average molecular weight is 226 g/mol. The van der Waals surface area contributed by atoms with Crippen LogP contribution < -0.4 is 0 Å². The van der Waals surface area contributed by atoms with E-state index in [9.17, 15) is 0 Å². The summed E-state index contributed by atoms with van der Waals surface area (Å²) in [5, 5.41) is 0. The highest BCUT2D eigenvalue weighted by atomic mass is 32.0. The van der Waals surface area contributed by atoms with E-state index in [1.807, 2.05) is 0 Å². The van der Waals surface area contributed by atoms with E-state index in [0.29, 0.717) is 0 Å². The molecular weight excluding hydrogens is 206 g/mol. The molecule has 14 heavy (non-hydrogen) atoms. The van der Waals surface area contributed by atoms with E-state index in [0.717, 1.165) is 29.4 Å². The van der Waals surface area contributed by atoms with Crippen LogP contribution in [0.4, 0.5) is 0 Å². The maximum atomic E-state index is 3.20. The van der Waals surface area contributed by atoms with E-state index < -0.39 is 0 Å². The zero-order valence-corrected chi connectivity index (χ0v) is 11.2. The Labute approximate surface area is 92.5 Å². The molecule has 2 unspecified atom stereocenters. The lowest BCUT2D eigenvalue weighted by atomic mass is 10.3. The molecule has 0 fully saturated rings. The fraction of sp³-hybridized carbons (Fsp3) is 0.667. The molecule has 0 radical (unpaired) electrons. The van der Waals surface area contributed by atoms with Gasteiger partial charge < -0.3 is 0 Å². The quantitative estimate of drug-likeness (QED) is 0.366. The number of unbranched alkanes of at least 4 members (excludes halogenated alkanes) is 4. The zero-order valence-electron chi connectivity index (χ0n) is 9.24. The van der Waals surface area contributed by atoms with Crippen molar-refractivity contribution < 1.29 is 0 Å². The van der Waals surface area contributed by atoms with Crippen LogP contribution in [0.15, 0.2) is 0 Å². The molecule has 0 bridgehead atoms. The molecule has 0 aromatic carbocycles. The largest absolute Gasteiger partial charge is 0.0986 e. The molecule has 2 heteroatoms. The first kappa shape index (κ1) is 14.0. The topological polar surface area (TPSA) is 0 Å².